The van der Waals surface area contributed by atoms with Gasteiger partial charge in [-0.05, 0) is 51.8 Å². The Balaban J connectivity index is 2.11. The molecule has 0 fully saturated rings. The first kappa shape index (κ1) is 15.6. The minimum atomic E-state index is -0.348. The first-order valence-corrected chi connectivity index (χ1v) is 6.49. The highest BCUT2D eigenvalue weighted by molar-refractivity contribution is 5.90. The smallest absolute Gasteiger partial charge is 0.225 e. The third kappa shape index (κ3) is 7.54. The number of nitrogens with zero attached hydrogens (tertiary/aromatic N) is 1. The highest BCUT2D eigenvalue weighted by Gasteiger charge is 2.02. The van der Waals surface area contributed by atoms with Crippen molar-refractivity contribution in [2.24, 2.45) is 0 Å². The Morgan fingerprint density at radius 3 is 2.79 bits per heavy atom. The SMILES string of the molecule is CN(C)CCCNCCC(=O)Nc1cccc(F)c1. The van der Waals surface area contributed by atoms with Gasteiger partial charge in [0.05, 0.1) is 0 Å². The molecule has 1 aromatic carbocycles. The van der Waals surface area contributed by atoms with E-state index in [2.05, 4.69) is 15.5 Å². The van der Waals surface area contributed by atoms with Gasteiger partial charge in [0.2, 0.25) is 5.91 Å². The maximum absolute atomic E-state index is 12.9. The highest BCUT2D eigenvalue weighted by atomic mass is 19.1. The topological polar surface area (TPSA) is 44.4 Å². The molecule has 1 aromatic rings. The number of amides is 1. The fraction of sp³-hybridized carbons (Fsp3) is 0.500. The molecule has 1 amide bonds. The minimum absolute atomic E-state index is 0.106. The van der Waals surface area contributed by atoms with Crippen LogP contribution in [0.5, 0.6) is 0 Å². The number of benzene rings is 1. The van der Waals surface area contributed by atoms with E-state index < -0.39 is 0 Å². The summed E-state index contributed by atoms with van der Waals surface area (Å²) in [6.07, 6.45) is 1.44. The van der Waals surface area contributed by atoms with E-state index in [1.165, 1.54) is 12.1 Å². The molecule has 0 aliphatic heterocycles. The molecule has 0 saturated carbocycles. The molecule has 5 heteroatoms. The highest BCUT2D eigenvalue weighted by Crippen LogP contribution is 2.08. The summed E-state index contributed by atoms with van der Waals surface area (Å²) in [5, 5.41) is 5.87. The van der Waals surface area contributed by atoms with Gasteiger partial charge in [-0.25, -0.2) is 4.39 Å². The van der Waals surface area contributed by atoms with Crippen molar-refractivity contribution in [3.8, 4) is 0 Å². The van der Waals surface area contributed by atoms with Crippen molar-refractivity contribution in [3.05, 3.63) is 30.1 Å². The fourth-order valence-corrected chi connectivity index (χ4v) is 1.64. The lowest BCUT2D eigenvalue weighted by atomic mass is 10.3. The minimum Gasteiger partial charge on any atom is -0.326 e. The van der Waals surface area contributed by atoms with Crippen LogP contribution in [0.15, 0.2) is 24.3 Å². The van der Waals surface area contributed by atoms with Crippen LogP contribution in [0.25, 0.3) is 0 Å². The summed E-state index contributed by atoms with van der Waals surface area (Å²) < 4.78 is 12.9. The second-order valence-electron chi connectivity index (χ2n) is 4.72. The van der Waals surface area contributed by atoms with E-state index >= 15 is 0 Å². The molecular weight excluding hydrogens is 245 g/mol. The van der Waals surface area contributed by atoms with Gasteiger partial charge in [0.25, 0.3) is 0 Å². The number of hydrogen-bond acceptors (Lipinski definition) is 3. The second kappa shape index (κ2) is 8.61. The summed E-state index contributed by atoms with van der Waals surface area (Å²) in [5.74, 6) is -0.453. The Morgan fingerprint density at radius 1 is 1.32 bits per heavy atom. The fourth-order valence-electron chi connectivity index (χ4n) is 1.64. The quantitative estimate of drug-likeness (QED) is 0.705. The van der Waals surface area contributed by atoms with Crippen LogP contribution in [0.3, 0.4) is 0 Å². The number of halogens is 1. The maximum Gasteiger partial charge on any atom is 0.225 e. The van der Waals surface area contributed by atoms with Gasteiger partial charge in [-0.1, -0.05) is 6.07 Å². The normalized spacial score (nSPS) is 10.7. The average Bonchev–Trinajstić information content (AvgIpc) is 2.33. The van der Waals surface area contributed by atoms with Crippen LogP contribution in [0.1, 0.15) is 12.8 Å². The van der Waals surface area contributed by atoms with E-state index in [9.17, 15) is 9.18 Å². The number of hydrogen-bond donors (Lipinski definition) is 2. The average molecular weight is 267 g/mol. The first-order chi connectivity index (χ1) is 9.08. The van der Waals surface area contributed by atoms with Crippen LogP contribution in [0, 0.1) is 5.82 Å². The molecular formula is C14H22FN3O. The summed E-state index contributed by atoms with van der Waals surface area (Å²) in [5.41, 5.74) is 0.498. The van der Waals surface area contributed by atoms with Crippen molar-refractivity contribution in [1.29, 1.82) is 0 Å². The number of anilines is 1. The number of rotatable bonds is 8. The van der Waals surface area contributed by atoms with Gasteiger partial charge in [0.1, 0.15) is 5.82 Å². The van der Waals surface area contributed by atoms with Crippen LogP contribution in [-0.2, 0) is 4.79 Å². The summed E-state index contributed by atoms with van der Waals surface area (Å²) >= 11 is 0. The summed E-state index contributed by atoms with van der Waals surface area (Å²) in [6, 6.07) is 5.90. The van der Waals surface area contributed by atoms with E-state index in [-0.39, 0.29) is 11.7 Å². The number of carbonyl (C=O) groups excluding carboxylic acids is 1. The predicted molar refractivity (Wildman–Crippen MR) is 75.7 cm³/mol. The predicted octanol–water partition coefficient (Wildman–Crippen LogP) is 1.70. The van der Waals surface area contributed by atoms with Crippen molar-refractivity contribution in [3.63, 3.8) is 0 Å². The van der Waals surface area contributed by atoms with E-state index in [1.54, 1.807) is 12.1 Å². The zero-order valence-electron chi connectivity index (χ0n) is 11.6. The molecule has 1 rings (SSSR count). The van der Waals surface area contributed by atoms with Gasteiger partial charge >= 0.3 is 0 Å². The van der Waals surface area contributed by atoms with Gasteiger partial charge < -0.3 is 15.5 Å². The lowest BCUT2D eigenvalue weighted by molar-refractivity contribution is -0.116. The largest absolute Gasteiger partial charge is 0.326 e. The molecule has 0 aliphatic rings. The van der Waals surface area contributed by atoms with Gasteiger partial charge in [0, 0.05) is 18.7 Å². The second-order valence-corrected chi connectivity index (χ2v) is 4.72. The molecule has 0 unspecified atom stereocenters. The third-order valence-corrected chi connectivity index (χ3v) is 2.60. The van der Waals surface area contributed by atoms with Gasteiger partial charge in [-0.2, -0.15) is 0 Å². The van der Waals surface area contributed by atoms with Gasteiger partial charge in [0.15, 0.2) is 0 Å². The molecule has 2 N–H and O–H groups in total. The molecule has 0 saturated heterocycles. The monoisotopic (exact) mass is 267 g/mol. The molecule has 0 aromatic heterocycles. The lowest BCUT2D eigenvalue weighted by Gasteiger charge is -2.10. The molecule has 0 bridgehead atoms. The van der Waals surface area contributed by atoms with Gasteiger partial charge in [-0.3, -0.25) is 4.79 Å². The van der Waals surface area contributed by atoms with Crippen LogP contribution in [0.2, 0.25) is 0 Å². The maximum atomic E-state index is 12.9. The Kier molecular flexibility index (Phi) is 7.07. The zero-order valence-corrected chi connectivity index (χ0v) is 11.6. The Labute approximate surface area is 114 Å². The zero-order chi connectivity index (χ0) is 14.1. The number of nitrogens with one attached hydrogen (secondary N) is 2. The van der Waals surface area contributed by atoms with Gasteiger partial charge in [-0.15, -0.1) is 0 Å². The van der Waals surface area contributed by atoms with E-state index in [0.29, 0.717) is 18.7 Å². The van der Waals surface area contributed by atoms with Crippen molar-refractivity contribution in [2.45, 2.75) is 12.8 Å². The Morgan fingerprint density at radius 2 is 2.11 bits per heavy atom. The van der Waals surface area contributed by atoms with Crippen molar-refractivity contribution >= 4 is 11.6 Å². The van der Waals surface area contributed by atoms with Crippen molar-refractivity contribution in [1.82, 2.24) is 10.2 Å². The van der Waals surface area contributed by atoms with Crippen LogP contribution >= 0.6 is 0 Å². The van der Waals surface area contributed by atoms with Crippen LogP contribution in [-0.4, -0.2) is 44.5 Å². The molecule has 0 radical (unpaired) electrons. The molecule has 4 nitrogen and oxygen atoms in total. The van der Waals surface area contributed by atoms with Crippen molar-refractivity contribution < 1.29 is 9.18 Å². The van der Waals surface area contributed by atoms with Crippen molar-refractivity contribution in [2.75, 3.05) is 39.0 Å². The molecule has 19 heavy (non-hydrogen) atoms. The molecule has 106 valence electrons. The third-order valence-electron chi connectivity index (χ3n) is 2.60. The molecule has 0 aliphatic carbocycles. The summed E-state index contributed by atoms with van der Waals surface area (Å²) in [6.45, 7) is 2.56. The Bertz CT molecular complexity index is 396. The van der Waals surface area contributed by atoms with Crippen LogP contribution < -0.4 is 10.6 Å². The lowest BCUT2D eigenvalue weighted by Crippen LogP contribution is -2.25. The molecule has 0 heterocycles. The summed E-state index contributed by atoms with van der Waals surface area (Å²) in [7, 11) is 4.07. The molecule has 0 spiro atoms. The van der Waals surface area contributed by atoms with Crippen LogP contribution in [0.4, 0.5) is 10.1 Å². The van der Waals surface area contributed by atoms with E-state index in [0.717, 1.165) is 19.5 Å². The number of carbonyl (C=O) groups is 1. The summed E-state index contributed by atoms with van der Waals surface area (Å²) in [4.78, 5) is 13.7. The first-order valence-electron chi connectivity index (χ1n) is 6.49. The van der Waals surface area contributed by atoms with E-state index in [1.807, 2.05) is 14.1 Å². The standard InChI is InChI=1S/C14H22FN3O/c1-18(2)10-4-8-16-9-7-14(19)17-13-6-3-5-12(15)11-13/h3,5-6,11,16H,4,7-10H2,1-2H3,(H,17,19). The molecule has 0 atom stereocenters. The Hall–Kier alpha value is -1.46. The van der Waals surface area contributed by atoms with E-state index in [4.69, 9.17) is 0 Å².